The molecule has 0 fully saturated rings. The van der Waals surface area contributed by atoms with Crippen molar-refractivity contribution in [2.24, 2.45) is 0 Å². The van der Waals surface area contributed by atoms with Gasteiger partial charge in [0, 0.05) is 6.42 Å². The van der Waals surface area contributed by atoms with E-state index in [1.54, 1.807) is 6.08 Å². The van der Waals surface area contributed by atoms with Crippen LogP contribution in [0.5, 0.6) is 0 Å². The molecule has 0 heterocycles. The van der Waals surface area contributed by atoms with Crippen molar-refractivity contribution in [1.29, 1.82) is 0 Å². The number of aliphatic hydroxyl groups excluding tert-OH is 1. The summed E-state index contributed by atoms with van der Waals surface area (Å²) in [5.41, 5.74) is 0. The summed E-state index contributed by atoms with van der Waals surface area (Å²) in [5, 5.41) is 13.7. The monoisotopic (exact) mass is 806 g/mol. The van der Waals surface area contributed by atoms with E-state index in [9.17, 15) is 19.4 Å². The highest BCUT2D eigenvalue weighted by Gasteiger charge is 2.27. The topological polar surface area (TPSA) is 105 Å². The SMILES string of the molecule is C/C=C/CC/C=C/CC/C=C/C(O)C(COP(=O)(O)OCC[N+](C)(C)C)NC(=O)CCCCCCCCCCCC/C=C\C/C=C\C/C=C\CCCCCCC. The number of amides is 1. The van der Waals surface area contributed by atoms with Gasteiger partial charge in [-0.15, -0.1) is 0 Å². The lowest BCUT2D eigenvalue weighted by Gasteiger charge is -2.25. The molecule has 56 heavy (non-hydrogen) atoms. The van der Waals surface area contributed by atoms with Gasteiger partial charge in [0.2, 0.25) is 5.91 Å². The van der Waals surface area contributed by atoms with Gasteiger partial charge in [0.15, 0.2) is 0 Å². The lowest BCUT2D eigenvalue weighted by molar-refractivity contribution is -0.870. The van der Waals surface area contributed by atoms with Crippen molar-refractivity contribution in [3.05, 3.63) is 72.9 Å². The molecule has 0 rings (SSSR count). The van der Waals surface area contributed by atoms with E-state index >= 15 is 0 Å². The highest BCUT2D eigenvalue weighted by molar-refractivity contribution is 7.47. The molecule has 0 aromatic rings. The number of carbonyl (C=O) groups is 1. The van der Waals surface area contributed by atoms with E-state index in [0.29, 0.717) is 17.4 Å². The van der Waals surface area contributed by atoms with Gasteiger partial charge in [0.25, 0.3) is 0 Å². The first-order chi connectivity index (χ1) is 27.0. The van der Waals surface area contributed by atoms with Crippen LogP contribution >= 0.6 is 7.82 Å². The van der Waals surface area contributed by atoms with Crippen molar-refractivity contribution in [2.75, 3.05) is 40.9 Å². The molecule has 0 radical (unpaired) electrons. The predicted octanol–water partition coefficient (Wildman–Crippen LogP) is 12.4. The third kappa shape index (κ3) is 40.1. The van der Waals surface area contributed by atoms with Crippen LogP contribution in [0, 0.1) is 0 Å². The van der Waals surface area contributed by atoms with Crippen LogP contribution in [0.2, 0.25) is 0 Å². The number of quaternary nitrogens is 1. The van der Waals surface area contributed by atoms with Crippen molar-refractivity contribution in [1.82, 2.24) is 5.32 Å². The zero-order chi connectivity index (χ0) is 41.4. The molecular weight excluding hydrogens is 719 g/mol. The molecule has 3 unspecified atom stereocenters. The molecule has 0 spiro atoms. The van der Waals surface area contributed by atoms with Gasteiger partial charge >= 0.3 is 7.82 Å². The van der Waals surface area contributed by atoms with Gasteiger partial charge in [-0.3, -0.25) is 13.8 Å². The molecule has 3 atom stereocenters. The van der Waals surface area contributed by atoms with Crippen molar-refractivity contribution >= 4 is 13.7 Å². The second-order valence-corrected chi connectivity index (χ2v) is 17.5. The Balaban J connectivity index is 4.24. The van der Waals surface area contributed by atoms with Crippen LogP contribution in [0.15, 0.2) is 72.9 Å². The Bertz CT molecular complexity index is 1140. The quantitative estimate of drug-likeness (QED) is 0.0247. The first-order valence-electron chi connectivity index (χ1n) is 22.3. The van der Waals surface area contributed by atoms with Crippen LogP contribution in [0.1, 0.15) is 168 Å². The fourth-order valence-corrected chi connectivity index (χ4v) is 6.64. The van der Waals surface area contributed by atoms with Crippen molar-refractivity contribution in [3.8, 4) is 0 Å². The van der Waals surface area contributed by atoms with E-state index in [2.05, 4.69) is 66.9 Å². The summed E-state index contributed by atoms with van der Waals surface area (Å²) in [6.07, 6.45) is 51.5. The largest absolute Gasteiger partial charge is 0.472 e. The zero-order valence-corrected chi connectivity index (χ0v) is 37.5. The number of phosphoric acid groups is 1. The molecule has 0 bridgehead atoms. The molecule has 3 N–H and O–H groups in total. The molecule has 1 amide bonds. The smallest absolute Gasteiger partial charge is 0.387 e. The summed E-state index contributed by atoms with van der Waals surface area (Å²) < 4.78 is 23.4. The molecule has 9 heteroatoms. The third-order valence-electron chi connectivity index (χ3n) is 9.47. The first kappa shape index (κ1) is 53.9. The number of nitrogens with one attached hydrogen (secondary N) is 1. The van der Waals surface area contributed by atoms with Gasteiger partial charge in [0.1, 0.15) is 13.2 Å². The molecule has 324 valence electrons. The number of phosphoric ester groups is 1. The lowest BCUT2D eigenvalue weighted by Crippen LogP contribution is -2.45. The van der Waals surface area contributed by atoms with Crippen LogP contribution < -0.4 is 5.32 Å². The number of carbonyl (C=O) groups excluding carboxylic acids is 1. The molecular formula is C47H86N2O6P+. The van der Waals surface area contributed by atoms with E-state index in [1.807, 2.05) is 40.2 Å². The minimum Gasteiger partial charge on any atom is -0.387 e. The van der Waals surface area contributed by atoms with Gasteiger partial charge in [-0.1, -0.05) is 157 Å². The Morgan fingerprint density at radius 2 is 1.11 bits per heavy atom. The Hall–Kier alpha value is -2.06. The number of nitrogens with zero attached hydrogens (tertiary/aromatic N) is 1. The molecule has 8 nitrogen and oxygen atoms in total. The van der Waals surface area contributed by atoms with Crippen molar-refractivity contribution < 1.29 is 32.9 Å². The average molecular weight is 806 g/mol. The normalized spacial score (nSPS) is 15.1. The molecule has 0 aliphatic carbocycles. The fraction of sp³-hybridized carbons (Fsp3) is 0.723. The van der Waals surface area contributed by atoms with Gasteiger partial charge in [-0.05, 0) is 77.6 Å². The Morgan fingerprint density at radius 3 is 1.64 bits per heavy atom. The van der Waals surface area contributed by atoms with E-state index in [0.717, 1.165) is 57.8 Å². The van der Waals surface area contributed by atoms with E-state index < -0.39 is 20.0 Å². The van der Waals surface area contributed by atoms with Crippen LogP contribution in [0.25, 0.3) is 0 Å². The molecule has 0 aromatic carbocycles. The van der Waals surface area contributed by atoms with E-state index in [1.165, 1.54) is 89.9 Å². The second-order valence-electron chi connectivity index (χ2n) is 16.1. The Labute approximate surface area is 344 Å². The highest BCUT2D eigenvalue weighted by atomic mass is 31.2. The maximum absolute atomic E-state index is 12.8. The Kier molecular flexibility index (Phi) is 37.0. The zero-order valence-electron chi connectivity index (χ0n) is 36.6. The number of rotatable bonds is 39. The fourth-order valence-electron chi connectivity index (χ4n) is 5.91. The average Bonchev–Trinajstić information content (AvgIpc) is 3.15. The summed E-state index contributed by atoms with van der Waals surface area (Å²) in [5.74, 6) is -0.202. The van der Waals surface area contributed by atoms with Crippen molar-refractivity contribution in [2.45, 2.75) is 180 Å². The molecule has 0 aliphatic heterocycles. The maximum atomic E-state index is 12.8. The summed E-state index contributed by atoms with van der Waals surface area (Å²) in [6.45, 7) is 4.51. The highest BCUT2D eigenvalue weighted by Crippen LogP contribution is 2.43. The molecule has 0 aliphatic rings. The lowest BCUT2D eigenvalue weighted by atomic mass is 10.0. The summed E-state index contributed by atoms with van der Waals surface area (Å²) in [4.78, 5) is 23.0. The standard InChI is InChI=1S/C47H85N2O6P/c1-6-8-10-12-14-16-17-18-19-20-21-22-23-24-25-26-27-28-29-30-31-33-35-37-39-41-47(51)48-45(44-55-56(52,53)54-43-42-49(3,4)5)46(50)40-38-36-34-32-15-13-11-9-7-2/h7,9,15,17-18,20-21,23-24,32,38,40,45-46,50H,6,8,10-14,16,19,22,25-31,33-37,39,41-44H2,1-5H3,(H-,48,51,52,53)/p+1/b9-7+,18-17-,21-20-,24-23-,32-15+,40-38+. The predicted molar refractivity (Wildman–Crippen MR) is 240 cm³/mol. The molecule has 0 saturated carbocycles. The van der Waals surface area contributed by atoms with Crippen molar-refractivity contribution in [3.63, 3.8) is 0 Å². The van der Waals surface area contributed by atoms with Crippen LogP contribution in [0.3, 0.4) is 0 Å². The van der Waals surface area contributed by atoms with Gasteiger partial charge in [-0.25, -0.2) is 4.57 Å². The van der Waals surface area contributed by atoms with Crippen LogP contribution in [0.4, 0.5) is 0 Å². The minimum atomic E-state index is -4.35. The second kappa shape index (κ2) is 38.5. The number of hydrogen-bond acceptors (Lipinski definition) is 5. The number of hydrogen-bond donors (Lipinski definition) is 3. The first-order valence-corrected chi connectivity index (χ1v) is 23.8. The van der Waals surface area contributed by atoms with Gasteiger partial charge in [-0.2, -0.15) is 0 Å². The number of aliphatic hydroxyl groups is 1. The maximum Gasteiger partial charge on any atom is 0.472 e. The summed E-state index contributed by atoms with van der Waals surface area (Å²) in [7, 11) is 1.53. The van der Waals surface area contributed by atoms with Gasteiger partial charge in [0.05, 0.1) is 39.9 Å². The van der Waals surface area contributed by atoms with Gasteiger partial charge < -0.3 is 19.8 Å². The van der Waals surface area contributed by atoms with E-state index in [4.69, 9.17) is 9.05 Å². The number of likely N-dealkylation sites (N-methyl/N-ethyl adjacent to an activating group) is 1. The van der Waals surface area contributed by atoms with Crippen LogP contribution in [-0.2, 0) is 18.4 Å². The third-order valence-corrected chi connectivity index (χ3v) is 10.5. The minimum absolute atomic E-state index is 0.0490. The summed E-state index contributed by atoms with van der Waals surface area (Å²) in [6, 6.07) is -0.872. The van der Waals surface area contributed by atoms with Crippen LogP contribution in [-0.4, -0.2) is 73.4 Å². The molecule has 0 aromatic heterocycles. The Morgan fingerprint density at radius 1 is 0.643 bits per heavy atom. The van der Waals surface area contributed by atoms with E-state index in [-0.39, 0.29) is 19.1 Å². The summed E-state index contributed by atoms with van der Waals surface area (Å²) >= 11 is 0. The number of allylic oxidation sites excluding steroid dienone is 11. The number of unbranched alkanes of at least 4 members (excludes halogenated alkanes) is 17. The molecule has 0 saturated heterocycles.